The smallest absolute Gasteiger partial charge is 0.309 e. The molecule has 0 radical (unpaired) electrons. The van der Waals surface area contributed by atoms with Gasteiger partial charge in [0, 0.05) is 0 Å². The minimum Gasteiger partial charge on any atom is -0.481 e. The molecule has 3 saturated carbocycles. The van der Waals surface area contributed by atoms with Crippen LogP contribution in [0, 0.1) is 44.3 Å². The summed E-state index contributed by atoms with van der Waals surface area (Å²) in [6, 6.07) is 0. The van der Waals surface area contributed by atoms with E-state index in [1.165, 1.54) is 38.5 Å². The third-order valence-corrected chi connectivity index (χ3v) is 13.2. The van der Waals surface area contributed by atoms with Crippen molar-refractivity contribution in [2.24, 2.45) is 44.3 Å². The molecule has 5 rings (SSSR count). The van der Waals surface area contributed by atoms with Crippen LogP contribution < -0.4 is 0 Å². The molecule has 2 N–H and O–H groups in total. The summed E-state index contributed by atoms with van der Waals surface area (Å²) < 4.78 is 0. The minimum atomic E-state index is -0.591. The molecule has 0 aliphatic heterocycles. The first-order valence-electron chi connectivity index (χ1n) is 13.8. The van der Waals surface area contributed by atoms with E-state index in [2.05, 4.69) is 41.5 Å². The van der Waals surface area contributed by atoms with E-state index in [1.807, 2.05) is 6.92 Å². The van der Waals surface area contributed by atoms with Gasteiger partial charge in [-0.25, -0.2) is 0 Å². The number of carbonyl (C=O) groups is 1. The fourth-order valence-corrected chi connectivity index (χ4v) is 10.5. The summed E-state index contributed by atoms with van der Waals surface area (Å²) in [5, 5.41) is 21.0. The molecule has 33 heavy (non-hydrogen) atoms. The van der Waals surface area contributed by atoms with Crippen LogP contribution in [0.25, 0.3) is 0 Å². The molecule has 5 aliphatic carbocycles. The zero-order valence-electron chi connectivity index (χ0n) is 22.3. The summed E-state index contributed by atoms with van der Waals surface area (Å²) in [6.45, 7) is 16.8. The maximum Gasteiger partial charge on any atom is 0.309 e. The highest BCUT2D eigenvalue weighted by Gasteiger charge is 2.66. The van der Waals surface area contributed by atoms with Crippen molar-refractivity contribution in [2.45, 2.75) is 125 Å². The number of hydrogen-bond donors (Lipinski definition) is 2. The van der Waals surface area contributed by atoms with Crippen molar-refractivity contribution in [1.82, 2.24) is 0 Å². The second-order valence-corrected chi connectivity index (χ2v) is 14.9. The van der Waals surface area contributed by atoms with Crippen LogP contribution in [0.4, 0.5) is 0 Å². The summed E-state index contributed by atoms with van der Waals surface area (Å²) in [7, 11) is 0. The fourth-order valence-electron chi connectivity index (χ4n) is 10.5. The first-order chi connectivity index (χ1) is 15.1. The SMILES string of the molecule is CC1(C(=O)O)CC[C@]2(C)CC[C@]3(C)C4=C(CCC3(C)[C@@H]2C1)[C@@]1(C)CCC(O)C(C)(C)C1CC4. The predicted octanol–water partition coefficient (Wildman–Crippen LogP) is 7.38. The Bertz CT molecular complexity index is 902. The second-order valence-electron chi connectivity index (χ2n) is 14.9. The van der Waals surface area contributed by atoms with Crippen LogP contribution in [0.1, 0.15) is 119 Å². The highest BCUT2D eigenvalue weighted by Crippen LogP contribution is 2.75. The quantitative estimate of drug-likeness (QED) is 0.405. The first-order valence-corrected chi connectivity index (χ1v) is 13.8. The fraction of sp³-hybridized carbons (Fsp3) is 0.900. The Balaban J connectivity index is 1.59. The van der Waals surface area contributed by atoms with Crippen molar-refractivity contribution >= 4 is 5.97 Å². The topological polar surface area (TPSA) is 57.5 Å². The summed E-state index contributed by atoms with van der Waals surface area (Å²) in [5.41, 5.74) is 3.74. The number of rotatable bonds is 1. The summed E-state index contributed by atoms with van der Waals surface area (Å²) in [4.78, 5) is 12.3. The van der Waals surface area contributed by atoms with Gasteiger partial charge < -0.3 is 10.2 Å². The molecule has 0 spiro atoms. The van der Waals surface area contributed by atoms with Gasteiger partial charge in [0.2, 0.25) is 0 Å². The Morgan fingerprint density at radius 1 is 0.788 bits per heavy atom. The molecule has 3 fully saturated rings. The van der Waals surface area contributed by atoms with Gasteiger partial charge in [-0.05, 0) is 116 Å². The zero-order valence-corrected chi connectivity index (χ0v) is 22.3. The van der Waals surface area contributed by atoms with Crippen molar-refractivity contribution in [3.63, 3.8) is 0 Å². The van der Waals surface area contributed by atoms with E-state index < -0.39 is 11.4 Å². The molecule has 0 aromatic rings. The molecule has 3 heteroatoms. The molecule has 4 unspecified atom stereocenters. The molecule has 0 heterocycles. The van der Waals surface area contributed by atoms with Gasteiger partial charge in [-0.1, -0.05) is 52.7 Å². The number of carboxylic acids is 1. The third kappa shape index (κ3) is 2.87. The molecule has 0 bridgehead atoms. The Kier molecular flexibility index (Phi) is 4.99. The average Bonchev–Trinajstić information content (AvgIpc) is 2.74. The van der Waals surface area contributed by atoms with Gasteiger partial charge in [0.25, 0.3) is 0 Å². The van der Waals surface area contributed by atoms with E-state index in [0.717, 1.165) is 32.1 Å². The van der Waals surface area contributed by atoms with E-state index in [1.54, 1.807) is 11.1 Å². The first kappa shape index (κ1) is 23.9. The lowest BCUT2D eigenvalue weighted by Gasteiger charge is -2.69. The Hall–Kier alpha value is -0.830. The van der Waals surface area contributed by atoms with Crippen LogP contribution in [-0.4, -0.2) is 22.3 Å². The van der Waals surface area contributed by atoms with E-state index in [4.69, 9.17) is 0 Å². The molecule has 0 aromatic carbocycles. The minimum absolute atomic E-state index is 0.0228. The largest absolute Gasteiger partial charge is 0.481 e. The van der Waals surface area contributed by atoms with Crippen LogP contribution >= 0.6 is 0 Å². The van der Waals surface area contributed by atoms with E-state index in [9.17, 15) is 15.0 Å². The number of fused-ring (bicyclic) bond motifs is 6. The molecule has 5 aliphatic rings. The van der Waals surface area contributed by atoms with Crippen molar-refractivity contribution in [3.8, 4) is 0 Å². The predicted molar refractivity (Wildman–Crippen MR) is 133 cm³/mol. The highest BCUT2D eigenvalue weighted by atomic mass is 16.4. The monoisotopic (exact) mass is 456 g/mol. The molecular formula is C30H48O3. The Morgan fingerprint density at radius 2 is 1.45 bits per heavy atom. The lowest BCUT2D eigenvalue weighted by atomic mass is 9.35. The molecule has 0 aromatic heterocycles. The highest BCUT2D eigenvalue weighted by molar-refractivity contribution is 5.74. The van der Waals surface area contributed by atoms with Crippen LogP contribution in [-0.2, 0) is 4.79 Å². The number of aliphatic hydroxyl groups excluding tert-OH is 1. The molecule has 0 saturated heterocycles. The summed E-state index contributed by atoms with van der Waals surface area (Å²) in [6.07, 6.45) is 11.8. The van der Waals surface area contributed by atoms with E-state index >= 15 is 0 Å². The average molecular weight is 457 g/mol. The van der Waals surface area contributed by atoms with Crippen LogP contribution in [0.15, 0.2) is 11.1 Å². The van der Waals surface area contributed by atoms with Crippen LogP contribution in [0.2, 0.25) is 0 Å². The van der Waals surface area contributed by atoms with Crippen LogP contribution in [0.5, 0.6) is 0 Å². The number of carboxylic acid groups (broad SMARTS) is 1. The molecule has 8 atom stereocenters. The molecule has 0 amide bonds. The Labute approximate surface area is 201 Å². The number of hydrogen-bond acceptors (Lipinski definition) is 2. The molecule has 3 nitrogen and oxygen atoms in total. The molecular weight excluding hydrogens is 408 g/mol. The van der Waals surface area contributed by atoms with Gasteiger partial charge in [0.05, 0.1) is 11.5 Å². The second kappa shape index (κ2) is 6.89. The number of aliphatic carboxylic acids is 1. The zero-order chi connectivity index (χ0) is 24.2. The van der Waals surface area contributed by atoms with Crippen molar-refractivity contribution in [3.05, 3.63) is 11.1 Å². The molecule has 186 valence electrons. The summed E-state index contributed by atoms with van der Waals surface area (Å²) >= 11 is 0. The maximum absolute atomic E-state index is 12.3. The normalized spacial score (nSPS) is 53.4. The lowest BCUT2D eigenvalue weighted by Crippen LogP contribution is -2.61. The van der Waals surface area contributed by atoms with Gasteiger partial charge in [0.1, 0.15) is 0 Å². The van der Waals surface area contributed by atoms with E-state index in [-0.39, 0.29) is 33.2 Å². The van der Waals surface area contributed by atoms with E-state index in [0.29, 0.717) is 11.8 Å². The van der Waals surface area contributed by atoms with Gasteiger partial charge in [-0.15, -0.1) is 0 Å². The maximum atomic E-state index is 12.3. The standard InChI is InChI=1S/C30H48O3/c1-25(2)21-9-8-20-19(28(21,5)12-11-23(25)31)10-13-30(7)22-18-27(4,24(32)33)15-14-26(22,3)16-17-29(20,30)6/h21-23,31H,8-18H2,1-7H3,(H,32,33)/t21?,22-,23?,26-,27?,28-,29-,30?/m1/s1. The third-order valence-electron chi connectivity index (χ3n) is 13.2. The lowest BCUT2D eigenvalue weighted by molar-refractivity contribution is -0.175. The van der Waals surface area contributed by atoms with Crippen molar-refractivity contribution in [1.29, 1.82) is 0 Å². The van der Waals surface area contributed by atoms with Crippen molar-refractivity contribution < 1.29 is 15.0 Å². The van der Waals surface area contributed by atoms with Gasteiger partial charge in [0.15, 0.2) is 0 Å². The van der Waals surface area contributed by atoms with Crippen LogP contribution in [0.3, 0.4) is 0 Å². The number of allylic oxidation sites excluding steroid dienone is 2. The number of aliphatic hydroxyl groups is 1. The van der Waals surface area contributed by atoms with Gasteiger partial charge in [-0.2, -0.15) is 0 Å². The van der Waals surface area contributed by atoms with Gasteiger partial charge in [-0.3, -0.25) is 4.79 Å². The van der Waals surface area contributed by atoms with Crippen molar-refractivity contribution in [2.75, 3.05) is 0 Å². The Morgan fingerprint density at radius 3 is 2.12 bits per heavy atom. The summed E-state index contributed by atoms with van der Waals surface area (Å²) in [5.74, 6) is 0.439. The van der Waals surface area contributed by atoms with Gasteiger partial charge >= 0.3 is 5.97 Å².